The molecule has 2 heteroatoms. The molecule has 2 atom stereocenters. The first-order valence-corrected chi connectivity index (χ1v) is 8.31. The Kier molecular flexibility index (Phi) is 4.24. The van der Waals surface area contributed by atoms with Crippen molar-refractivity contribution in [1.82, 2.24) is 0 Å². The molecule has 2 unspecified atom stereocenters. The molecule has 2 fully saturated rings. The predicted molar refractivity (Wildman–Crippen MR) is 76.7 cm³/mol. The summed E-state index contributed by atoms with van der Waals surface area (Å²) >= 11 is 3.68. The summed E-state index contributed by atoms with van der Waals surface area (Å²) in [5, 5.41) is 1.10. The Labute approximate surface area is 115 Å². The zero-order chi connectivity index (χ0) is 12.5. The summed E-state index contributed by atoms with van der Waals surface area (Å²) in [7, 11) is 0. The molecular formula is C15H27BrO. The molecule has 0 radical (unpaired) electrons. The normalized spacial score (nSPS) is 30.0. The molecule has 1 spiro atoms. The standard InChI is InChI=1S/C15H27BrO/c1-14(2,3)12(11-16)10-13-6-9-15(17-13)7-4-5-8-15/h12-13H,4-11H2,1-3H3. The third-order valence-electron chi connectivity index (χ3n) is 4.81. The van der Waals surface area contributed by atoms with Crippen LogP contribution >= 0.6 is 15.9 Å². The van der Waals surface area contributed by atoms with Crippen molar-refractivity contribution in [2.24, 2.45) is 11.3 Å². The molecule has 0 aromatic heterocycles. The lowest BCUT2D eigenvalue weighted by molar-refractivity contribution is -0.0482. The Balaban J connectivity index is 1.88. The van der Waals surface area contributed by atoms with E-state index in [9.17, 15) is 0 Å². The van der Waals surface area contributed by atoms with Gasteiger partial charge in [0.2, 0.25) is 0 Å². The molecule has 1 aliphatic heterocycles. The summed E-state index contributed by atoms with van der Waals surface area (Å²) in [6, 6.07) is 0. The Morgan fingerprint density at radius 3 is 2.41 bits per heavy atom. The van der Waals surface area contributed by atoms with E-state index < -0.39 is 0 Å². The minimum Gasteiger partial charge on any atom is -0.372 e. The third-order valence-corrected chi connectivity index (χ3v) is 5.59. The summed E-state index contributed by atoms with van der Waals surface area (Å²) in [5.74, 6) is 0.726. The minimum absolute atomic E-state index is 0.305. The van der Waals surface area contributed by atoms with E-state index in [1.165, 1.54) is 44.9 Å². The number of hydrogen-bond acceptors (Lipinski definition) is 1. The lowest BCUT2D eigenvalue weighted by Crippen LogP contribution is -2.29. The van der Waals surface area contributed by atoms with Gasteiger partial charge in [-0.3, -0.25) is 0 Å². The van der Waals surface area contributed by atoms with Crippen LogP contribution in [0.2, 0.25) is 0 Å². The van der Waals surface area contributed by atoms with Crippen LogP contribution in [0.15, 0.2) is 0 Å². The Morgan fingerprint density at radius 1 is 1.24 bits per heavy atom. The number of ether oxygens (including phenoxy) is 1. The molecule has 2 rings (SSSR count). The van der Waals surface area contributed by atoms with E-state index in [4.69, 9.17) is 4.74 Å². The van der Waals surface area contributed by atoms with Crippen LogP contribution in [0.5, 0.6) is 0 Å². The lowest BCUT2D eigenvalue weighted by Gasteiger charge is -2.32. The summed E-state index contributed by atoms with van der Waals surface area (Å²) in [5.41, 5.74) is 0.692. The number of rotatable bonds is 3. The average Bonchev–Trinajstić information content (AvgIpc) is 2.85. The first-order chi connectivity index (χ1) is 7.95. The van der Waals surface area contributed by atoms with Gasteiger partial charge in [-0.25, -0.2) is 0 Å². The lowest BCUT2D eigenvalue weighted by atomic mass is 9.78. The van der Waals surface area contributed by atoms with Crippen LogP contribution in [0.3, 0.4) is 0 Å². The van der Waals surface area contributed by atoms with Crippen LogP contribution in [-0.4, -0.2) is 17.0 Å². The van der Waals surface area contributed by atoms with E-state index >= 15 is 0 Å². The summed E-state index contributed by atoms with van der Waals surface area (Å²) < 4.78 is 6.42. The molecule has 0 amide bonds. The second-order valence-corrected chi connectivity index (χ2v) is 7.77. The van der Waals surface area contributed by atoms with E-state index in [2.05, 4.69) is 36.7 Å². The smallest absolute Gasteiger partial charge is 0.0687 e. The van der Waals surface area contributed by atoms with Crippen molar-refractivity contribution in [2.75, 3.05) is 5.33 Å². The zero-order valence-corrected chi connectivity index (χ0v) is 13.2. The van der Waals surface area contributed by atoms with Crippen molar-refractivity contribution >= 4 is 15.9 Å². The molecule has 1 saturated heterocycles. The number of alkyl halides is 1. The van der Waals surface area contributed by atoms with Gasteiger partial charge in [-0.2, -0.15) is 0 Å². The zero-order valence-electron chi connectivity index (χ0n) is 11.6. The van der Waals surface area contributed by atoms with Gasteiger partial charge in [0.05, 0.1) is 11.7 Å². The molecular weight excluding hydrogens is 276 g/mol. The minimum atomic E-state index is 0.305. The molecule has 0 bridgehead atoms. The van der Waals surface area contributed by atoms with Crippen LogP contribution < -0.4 is 0 Å². The number of hydrogen-bond donors (Lipinski definition) is 0. The van der Waals surface area contributed by atoms with Crippen molar-refractivity contribution in [3.63, 3.8) is 0 Å². The van der Waals surface area contributed by atoms with Crippen LogP contribution in [-0.2, 0) is 4.74 Å². The predicted octanol–water partition coefficient (Wildman–Crippen LogP) is 4.93. The highest BCUT2D eigenvalue weighted by atomic mass is 79.9. The van der Waals surface area contributed by atoms with E-state index in [-0.39, 0.29) is 0 Å². The van der Waals surface area contributed by atoms with Gasteiger partial charge in [0.25, 0.3) is 0 Å². The van der Waals surface area contributed by atoms with E-state index in [0.29, 0.717) is 17.1 Å². The second-order valence-electron chi connectivity index (χ2n) is 7.12. The fourth-order valence-electron chi connectivity index (χ4n) is 3.41. The maximum absolute atomic E-state index is 6.42. The fourth-order valence-corrected chi connectivity index (χ4v) is 4.65. The fraction of sp³-hybridized carbons (Fsp3) is 1.00. The molecule has 0 aromatic rings. The maximum Gasteiger partial charge on any atom is 0.0687 e. The first kappa shape index (κ1) is 13.9. The molecule has 0 aromatic carbocycles. The van der Waals surface area contributed by atoms with Gasteiger partial charge in [0, 0.05) is 5.33 Å². The van der Waals surface area contributed by atoms with Crippen LogP contribution in [0, 0.1) is 11.3 Å². The van der Waals surface area contributed by atoms with Crippen LogP contribution in [0.4, 0.5) is 0 Å². The Morgan fingerprint density at radius 2 is 1.88 bits per heavy atom. The van der Waals surface area contributed by atoms with Crippen molar-refractivity contribution in [3.05, 3.63) is 0 Å². The number of halogens is 1. The van der Waals surface area contributed by atoms with E-state index in [0.717, 1.165) is 11.2 Å². The van der Waals surface area contributed by atoms with E-state index in [1.54, 1.807) is 0 Å². The average molecular weight is 303 g/mol. The largest absolute Gasteiger partial charge is 0.372 e. The third kappa shape index (κ3) is 3.26. The Bertz CT molecular complexity index is 250. The van der Waals surface area contributed by atoms with Crippen molar-refractivity contribution in [2.45, 2.75) is 77.4 Å². The molecule has 17 heavy (non-hydrogen) atoms. The molecule has 1 saturated carbocycles. The second kappa shape index (κ2) is 5.21. The van der Waals surface area contributed by atoms with Crippen molar-refractivity contribution in [1.29, 1.82) is 0 Å². The van der Waals surface area contributed by atoms with Gasteiger partial charge in [0.15, 0.2) is 0 Å². The highest BCUT2D eigenvalue weighted by Crippen LogP contribution is 2.45. The van der Waals surface area contributed by atoms with E-state index in [1.807, 2.05) is 0 Å². The molecule has 2 aliphatic rings. The van der Waals surface area contributed by atoms with Gasteiger partial charge >= 0.3 is 0 Å². The molecule has 0 N–H and O–H groups in total. The van der Waals surface area contributed by atoms with Gasteiger partial charge < -0.3 is 4.74 Å². The van der Waals surface area contributed by atoms with Gasteiger partial charge in [0.1, 0.15) is 0 Å². The molecule has 1 aliphatic carbocycles. The van der Waals surface area contributed by atoms with Crippen LogP contribution in [0.1, 0.15) is 65.7 Å². The van der Waals surface area contributed by atoms with Crippen molar-refractivity contribution in [3.8, 4) is 0 Å². The quantitative estimate of drug-likeness (QED) is 0.672. The summed E-state index contributed by atoms with van der Waals surface area (Å²) in [4.78, 5) is 0. The molecule has 100 valence electrons. The molecule has 1 nitrogen and oxygen atoms in total. The van der Waals surface area contributed by atoms with Crippen LogP contribution in [0.25, 0.3) is 0 Å². The summed E-state index contributed by atoms with van der Waals surface area (Å²) in [6.45, 7) is 7.04. The molecule has 1 heterocycles. The SMILES string of the molecule is CC(C)(C)C(CBr)CC1CCC2(CCCC2)O1. The summed E-state index contributed by atoms with van der Waals surface area (Å²) in [6.07, 6.45) is 9.76. The Hall–Kier alpha value is 0.440. The topological polar surface area (TPSA) is 9.23 Å². The monoisotopic (exact) mass is 302 g/mol. The highest BCUT2D eigenvalue weighted by Gasteiger charge is 2.43. The van der Waals surface area contributed by atoms with Crippen molar-refractivity contribution < 1.29 is 4.74 Å². The maximum atomic E-state index is 6.42. The van der Waals surface area contributed by atoms with Gasteiger partial charge in [-0.1, -0.05) is 49.5 Å². The van der Waals surface area contributed by atoms with Gasteiger partial charge in [-0.15, -0.1) is 0 Å². The highest BCUT2D eigenvalue weighted by molar-refractivity contribution is 9.09. The van der Waals surface area contributed by atoms with Gasteiger partial charge in [-0.05, 0) is 43.4 Å². The first-order valence-electron chi connectivity index (χ1n) is 7.19.